The molecule has 0 saturated carbocycles. The highest BCUT2D eigenvalue weighted by Crippen LogP contribution is 2.58. The first-order chi connectivity index (χ1) is 9.90. The molecule has 1 heterocycles. The van der Waals surface area contributed by atoms with Gasteiger partial charge in [-0.15, -0.1) is 0 Å². The third-order valence-corrected chi connectivity index (χ3v) is 5.23. The zero-order valence-electron chi connectivity index (χ0n) is 12.4. The number of benzene rings is 1. The molecule has 3 nitrogen and oxygen atoms in total. The van der Waals surface area contributed by atoms with E-state index in [4.69, 9.17) is 4.74 Å². The molecule has 3 rings (SSSR count). The zero-order valence-corrected chi connectivity index (χ0v) is 12.4. The monoisotopic (exact) mass is 292 g/mol. The number of allylic oxidation sites excluding steroid dienone is 1. The fraction of sp³-hybridized carbons (Fsp3) is 0.529. The van der Waals surface area contributed by atoms with Crippen molar-refractivity contribution in [1.29, 1.82) is 0 Å². The zero-order chi connectivity index (χ0) is 15.3. The maximum atomic E-state index is 13.7. The first-order valence-electron chi connectivity index (χ1n) is 7.28. The summed E-state index contributed by atoms with van der Waals surface area (Å²) in [5.41, 5.74) is 1.46. The van der Waals surface area contributed by atoms with Gasteiger partial charge in [-0.2, -0.15) is 0 Å². The molecule has 1 aromatic carbocycles. The molecule has 4 heteroatoms. The van der Waals surface area contributed by atoms with E-state index >= 15 is 0 Å². The van der Waals surface area contributed by atoms with Crippen molar-refractivity contribution in [2.75, 3.05) is 13.2 Å². The van der Waals surface area contributed by atoms with E-state index in [-0.39, 0.29) is 29.3 Å². The van der Waals surface area contributed by atoms with Crippen LogP contribution in [0.2, 0.25) is 0 Å². The number of rotatable bonds is 2. The first-order valence-corrected chi connectivity index (χ1v) is 7.28. The molecule has 21 heavy (non-hydrogen) atoms. The second kappa shape index (κ2) is 4.82. The summed E-state index contributed by atoms with van der Waals surface area (Å²) < 4.78 is 19.7. The van der Waals surface area contributed by atoms with Crippen LogP contribution in [0.4, 0.5) is 4.39 Å². The second-order valence-electron chi connectivity index (χ2n) is 6.75. The van der Waals surface area contributed by atoms with Crippen molar-refractivity contribution >= 4 is 0 Å². The minimum atomic E-state index is -0.629. The lowest BCUT2D eigenvalue weighted by Gasteiger charge is -2.53. The Morgan fingerprint density at radius 1 is 1.43 bits per heavy atom. The number of hydrogen-bond acceptors (Lipinski definition) is 3. The molecule has 2 N–H and O–H groups in total. The summed E-state index contributed by atoms with van der Waals surface area (Å²) in [7, 11) is 0. The molecule has 2 bridgehead atoms. The third-order valence-electron chi connectivity index (χ3n) is 5.23. The molecule has 3 atom stereocenters. The van der Waals surface area contributed by atoms with Crippen LogP contribution in [0.3, 0.4) is 0 Å². The van der Waals surface area contributed by atoms with Crippen molar-refractivity contribution in [2.45, 2.75) is 32.8 Å². The number of aliphatic hydroxyl groups is 1. The Morgan fingerprint density at radius 3 is 2.86 bits per heavy atom. The smallest absolute Gasteiger partial charge is 0.165 e. The summed E-state index contributed by atoms with van der Waals surface area (Å²) in [5, 5.41) is 19.1. The Kier molecular flexibility index (Phi) is 3.34. The Balaban J connectivity index is 2.02. The van der Waals surface area contributed by atoms with Crippen LogP contribution in [0.1, 0.15) is 38.4 Å². The fourth-order valence-corrected chi connectivity index (χ4v) is 3.76. The molecule has 0 spiro atoms. The highest BCUT2D eigenvalue weighted by atomic mass is 19.1. The quantitative estimate of drug-likeness (QED) is 0.822. The van der Waals surface area contributed by atoms with Gasteiger partial charge in [-0.1, -0.05) is 24.6 Å². The van der Waals surface area contributed by atoms with Gasteiger partial charge in [0, 0.05) is 10.8 Å². The number of halogens is 1. The highest BCUT2D eigenvalue weighted by Gasteiger charge is 2.51. The van der Waals surface area contributed by atoms with E-state index in [2.05, 4.69) is 19.9 Å². The molecular weight excluding hydrogens is 271 g/mol. The number of hydrogen-bond donors (Lipinski definition) is 2. The highest BCUT2D eigenvalue weighted by molar-refractivity contribution is 5.34. The maximum Gasteiger partial charge on any atom is 0.165 e. The summed E-state index contributed by atoms with van der Waals surface area (Å²) in [4.78, 5) is 0. The van der Waals surface area contributed by atoms with E-state index in [0.717, 1.165) is 18.4 Å². The molecule has 1 saturated heterocycles. The molecule has 1 aromatic rings. The van der Waals surface area contributed by atoms with Crippen LogP contribution >= 0.6 is 0 Å². The maximum absolute atomic E-state index is 13.7. The van der Waals surface area contributed by atoms with E-state index in [1.54, 1.807) is 6.07 Å². The normalized spacial score (nSPS) is 35.4. The van der Waals surface area contributed by atoms with Crippen LogP contribution < -0.4 is 0 Å². The number of phenols is 1. The van der Waals surface area contributed by atoms with Gasteiger partial charge in [0.2, 0.25) is 0 Å². The van der Waals surface area contributed by atoms with E-state index < -0.39 is 5.82 Å². The number of aromatic hydroxyl groups is 1. The number of phenolic OH excluding ortho intramolecular Hbond substituents is 1. The molecule has 1 aliphatic heterocycles. The van der Waals surface area contributed by atoms with E-state index in [9.17, 15) is 14.6 Å². The van der Waals surface area contributed by atoms with Gasteiger partial charge in [0.1, 0.15) is 0 Å². The van der Waals surface area contributed by atoms with E-state index in [1.165, 1.54) is 17.7 Å². The lowest BCUT2D eigenvalue weighted by Crippen LogP contribution is -2.48. The van der Waals surface area contributed by atoms with Crippen molar-refractivity contribution in [1.82, 2.24) is 0 Å². The van der Waals surface area contributed by atoms with Crippen LogP contribution in [0, 0.1) is 16.6 Å². The van der Waals surface area contributed by atoms with E-state index in [1.807, 2.05) is 0 Å². The molecule has 0 amide bonds. The topological polar surface area (TPSA) is 49.7 Å². The summed E-state index contributed by atoms with van der Waals surface area (Å²) >= 11 is 0. The van der Waals surface area contributed by atoms with Crippen LogP contribution in [0.15, 0.2) is 29.8 Å². The third kappa shape index (κ3) is 2.17. The minimum absolute atomic E-state index is 0.100. The van der Waals surface area contributed by atoms with Gasteiger partial charge in [-0.25, -0.2) is 4.39 Å². The van der Waals surface area contributed by atoms with Gasteiger partial charge < -0.3 is 14.9 Å². The predicted molar refractivity (Wildman–Crippen MR) is 77.4 cm³/mol. The van der Waals surface area contributed by atoms with Gasteiger partial charge in [0.15, 0.2) is 11.6 Å². The molecule has 1 aliphatic carbocycles. The van der Waals surface area contributed by atoms with Gasteiger partial charge in [0.25, 0.3) is 0 Å². The Morgan fingerprint density at radius 2 is 2.19 bits per heavy atom. The van der Waals surface area contributed by atoms with Crippen molar-refractivity contribution in [3.8, 4) is 5.75 Å². The predicted octanol–water partition coefficient (Wildman–Crippen LogP) is 3.33. The molecule has 1 fully saturated rings. The average Bonchev–Trinajstić information content (AvgIpc) is 2.47. The van der Waals surface area contributed by atoms with Gasteiger partial charge in [0.05, 0.1) is 19.3 Å². The van der Waals surface area contributed by atoms with Gasteiger partial charge >= 0.3 is 0 Å². The molecule has 114 valence electrons. The van der Waals surface area contributed by atoms with Crippen LogP contribution in [-0.4, -0.2) is 23.4 Å². The minimum Gasteiger partial charge on any atom is -0.505 e. The fourth-order valence-electron chi connectivity index (χ4n) is 3.76. The molecule has 0 aromatic heterocycles. The number of ether oxygens (including phenoxy) is 1. The molecule has 0 unspecified atom stereocenters. The van der Waals surface area contributed by atoms with Crippen molar-refractivity contribution in [3.63, 3.8) is 0 Å². The van der Waals surface area contributed by atoms with Crippen molar-refractivity contribution in [3.05, 3.63) is 41.2 Å². The number of aliphatic hydroxyl groups excluding tert-OH is 1. The van der Waals surface area contributed by atoms with Crippen LogP contribution in [0.25, 0.3) is 0 Å². The van der Waals surface area contributed by atoms with Crippen molar-refractivity contribution < 1.29 is 19.3 Å². The van der Waals surface area contributed by atoms with E-state index in [0.29, 0.717) is 6.61 Å². The SMILES string of the molecule is CC1=CC[C@@]2(CO)CO[C@@H](c3ccc(O)c(F)c3)[C@]1(C)C2. The lowest BCUT2D eigenvalue weighted by molar-refractivity contribution is -0.149. The molecule has 2 aliphatic rings. The summed E-state index contributed by atoms with van der Waals surface area (Å²) in [6, 6.07) is 4.43. The number of fused-ring (bicyclic) bond motifs is 2. The van der Waals surface area contributed by atoms with Crippen molar-refractivity contribution in [2.24, 2.45) is 10.8 Å². The molecular formula is C17H21FO3. The first kappa shape index (κ1) is 14.5. The average molecular weight is 292 g/mol. The molecule has 0 radical (unpaired) electrons. The second-order valence-corrected chi connectivity index (χ2v) is 6.75. The van der Waals surface area contributed by atoms with Crippen LogP contribution in [-0.2, 0) is 4.74 Å². The Hall–Kier alpha value is -1.39. The summed E-state index contributed by atoms with van der Waals surface area (Å²) in [6.07, 6.45) is 3.56. The largest absolute Gasteiger partial charge is 0.505 e. The van der Waals surface area contributed by atoms with Gasteiger partial charge in [-0.05, 0) is 37.5 Å². The Bertz CT molecular complexity index is 598. The van der Waals surface area contributed by atoms with Gasteiger partial charge in [-0.3, -0.25) is 0 Å². The summed E-state index contributed by atoms with van der Waals surface area (Å²) in [6.45, 7) is 4.75. The van der Waals surface area contributed by atoms with Crippen LogP contribution in [0.5, 0.6) is 5.75 Å². The summed E-state index contributed by atoms with van der Waals surface area (Å²) in [5.74, 6) is -0.975. The Labute approximate surface area is 124 Å². The lowest BCUT2D eigenvalue weighted by atomic mass is 9.58. The standard InChI is InChI=1S/C17H21FO3/c1-11-5-6-17(9-19)8-16(11,2)15(21-10-17)12-3-4-14(20)13(18)7-12/h3-5,7,15,19-20H,6,8-10H2,1-2H3/t15-,16+,17+/m0/s1.